The van der Waals surface area contributed by atoms with E-state index >= 15 is 0 Å². The van der Waals surface area contributed by atoms with Crippen LogP contribution < -0.4 is 10.1 Å². The normalized spacial score (nSPS) is 22.3. The highest BCUT2D eigenvalue weighted by Crippen LogP contribution is 2.41. The second-order valence-corrected chi connectivity index (χ2v) is 6.31. The number of aryl methyl sites for hydroxylation is 1. The molecule has 1 N–H and O–H groups in total. The van der Waals surface area contributed by atoms with Gasteiger partial charge < -0.3 is 10.1 Å². The van der Waals surface area contributed by atoms with Crippen LogP contribution in [0.2, 0.25) is 0 Å². The molecule has 5 nitrogen and oxygen atoms in total. The largest absolute Gasteiger partial charge is 0.493 e. The van der Waals surface area contributed by atoms with E-state index in [0.29, 0.717) is 18.8 Å². The molecule has 1 fully saturated rings. The van der Waals surface area contributed by atoms with Crippen LogP contribution in [-0.4, -0.2) is 23.4 Å². The van der Waals surface area contributed by atoms with Crippen LogP contribution in [-0.2, 0) is 16.9 Å². The van der Waals surface area contributed by atoms with Crippen LogP contribution in [0, 0.1) is 6.92 Å². The van der Waals surface area contributed by atoms with Crippen molar-refractivity contribution < 1.29 is 14.3 Å². The molecule has 2 aromatic rings. The number of carbonyl (C=O) groups is 2. The average Bonchev–Trinajstić information content (AvgIpc) is 2.80. The number of hydrogen-bond acceptors (Lipinski definition) is 3. The Morgan fingerprint density at radius 3 is 2.83 bits per heavy atom. The van der Waals surface area contributed by atoms with Gasteiger partial charge in [0.15, 0.2) is 5.54 Å². The number of fused-ring (bicyclic) bond motifs is 2. The number of urea groups is 1. The van der Waals surface area contributed by atoms with Crippen molar-refractivity contribution in [1.29, 1.82) is 0 Å². The number of imide groups is 1. The summed E-state index contributed by atoms with van der Waals surface area (Å²) >= 11 is 0. The van der Waals surface area contributed by atoms with Crippen molar-refractivity contribution in [1.82, 2.24) is 10.2 Å². The summed E-state index contributed by atoms with van der Waals surface area (Å²) in [7, 11) is 0. The lowest BCUT2D eigenvalue weighted by Gasteiger charge is -2.33. The zero-order chi connectivity index (χ0) is 16.7. The Hall–Kier alpha value is -2.82. The van der Waals surface area contributed by atoms with E-state index in [-0.39, 0.29) is 18.5 Å². The Morgan fingerprint density at radius 1 is 1.17 bits per heavy atom. The van der Waals surface area contributed by atoms with Crippen molar-refractivity contribution >= 4 is 11.9 Å². The molecule has 0 bridgehead atoms. The molecule has 5 heteroatoms. The SMILES string of the molecule is Cc1cccc(CN2C(=O)NC3(CCOc4ccccc43)C2=O)c1. The summed E-state index contributed by atoms with van der Waals surface area (Å²) in [4.78, 5) is 26.9. The Bertz CT molecular complexity index is 833. The molecule has 3 amide bonds. The Morgan fingerprint density at radius 2 is 2.00 bits per heavy atom. The van der Waals surface area contributed by atoms with Gasteiger partial charge >= 0.3 is 6.03 Å². The molecular formula is C19H18N2O3. The van der Waals surface area contributed by atoms with Crippen LogP contribution in [0.5, 0.6) is 5.75 Å². The van der Waals surface area contributed by atoms with Gasteiger partial charge in [0.05, 0.1) is 13.2 Å². The molecule has 1 unspecified atom stereocenters. The summed E-state index contributed by atoms with van der Waals surface area (Å²) in [6, 6.07) is 14.9. The first kappa shape index (κ1) is 14.8. The van der Waals surface area contributed by atoms with E-state index in [4.69, 9.17) is 4.74 Å². The molecule has 2 aromatic carbocycles. The van der Waals surface area contributed by atoms with Crippen molar-refractivity contribution in [3.05, 3.63) is 65.2 Å². The molecule has 0 saturated carbocycles. The van der Waals surface area contributed by atoms with Crippen LogP contribution in [0.4, 0.5) is 4.79 Å². The van der Waals surface area contributed by atoms with Gasteiger partial charge in [0, 0.05) is 12.0 Å². The number of rotatable bonds is 2. The zero-order valence-corrected chi connectivity index (χ0v) is 13.4. The fourth-order valence-electron chi connectivity index (χ4n) is 3.51. The average molecular weight is 322 g/mol. The maximum atomic E-state index is 13.1. The summed E-state index contributed by atoms with van der Waals surface area (Å²) < 4.78 is 5.64. The van der Waals surface area contributed by atoms with Crippen LogP contribution in [0.3, 0.4) is 0 Å². The molecule has 2 aliphatic heterocycles. The van der Waals surface area contributed by atoms with Crippen molar-refractivity contribution in [2.24, 2.45) is 0 Å². The molecule has 1 atom stereocenters. The van der Waals surface area contributed by atoms with Gasteiger partial charge in [-0.15, -0.1) is 0 Å². The molecule has 0 aliphatic carbocycles. The van der Waals surface area contributed by atoms with Gasteiger partial charge in [0.2, 0.25) is 0 Å². The number of nitrogens with zero attached hydrogens (tertiary/aromatic N) is 1. The molecule has 0 aromatic heterocycles. The van der Waals surface area contributed by atoms with Crippen LogP contribution in [0.1, 0.15) is 23.1 Å². The second-order valence-electron chi connectivity index (χ2n) is 6.31. The van der Waals surface area contributed by atoms with Gasteiger partial charge in [0.1, 0.15) is 5.75 Å². The molecular weight excluding hydrogens is 304 g/mol. The van der Waals surface area contributed by atoms with E-state index in [1.807, 2.05) is 55.5 Å². The highest BCUT2D eigenvalue weighted by atomic mass is 16.5. The molecule has 2 aliphatic rings. The summed E-state index contributed by atoms with van der Waals surface area (Å²) in [5.74, 6) is 0.458. The quantitative estimate of drug-likeness (QED) is 0.865. The number of hydrogen-bond donors (Lipinski definition) is 1. The van der Waals surface area contributed by atoms with E-state index in [9.17, 15) is 9.59 Å². The van der Waals surface area contributed by atoms with Crippen LogP contribution in [0.25, 0.3) is 0 Å². The van der Waals surface area contributed by atoms with Crippen LogP contribution in [0.15, 0.2) is 48.5 Å². The van der Waals surface area contributed by atoms with Gasteiger partial charge in [0.25, 0.3) is 5.91 Å². The number of nitrogens with one attached hydrogen (secondary N) is 1. The van der Waals surface area contributed by atoms with Crippen molar-refractivity contribution in [3.63, 3.8) is 0 Å². The number of benzene rings is 2. The van der Waals surface area contributed by atoms with Gasteiger partial charge in [-0.2, -0.15) is 0 Å². The highest BCUT2D eigenvalue weighted by Gasteiger charge is 2.54. The first-order valence-corrected chi connectivity index (χ1v) is 8.02. The predicted molar refractivity (Wildman–Crippen MR) is 88.5 cm³/mol. The van der Waals surface area contributed by atoms with Crippen molar-refractivity contribution in [2.75, 3.05) is 6.61 Å². The Balaban J connectivity index is 1.70. The second kappa shape index (κ2) is 5.37. The third-order valence-corrected chi connectivity index (χ3v) is 4.68. The third-order valence-electron chi connectivity index (χ3n) is 4.68. The molecule has 24 heavy (non-hydrogen) atoms. The van der Waals surface area contributed by atoms with Crippen molar-refractivity contribution in [3.8, 4) is 5.75 Å². The van der Waals surface area contributed by atoms with Crippen LogP contribution >= 0.6 is 0 Å². The summed E-state index contributed by atoms with van der Waals surface area (Å²) in [5.41, 5.74) is 1.78. The first-order valence-electron chi connectivity index (χ1n) is 8.02. The molecule has 2 heterocycles. The number of para-hydroxylation sites is 1. The first-order chi connectivity index (χ1) is 11.6. The lowest BCUT2D eigenvalue weighted by atomic mass is 9.84. The molecule has 122 valence electrons. The minimum absolute atomic E-state index is 0.204. The monoisotopic (exact) mass is 322 g/mol. The molecule has 4 rings (SSSR count). The molecule has 1 spiro atoms. The highest BCUT2D eigenvalue weighted by molar-refractivity contribution is 6.07. The van der Waals surface area contributed by atoms with E-state index in [1.54, 1.807) is 0 Å². The lowest BCUT2D eigenvalue weighted by molar-refractivity contribution is -0.133. The number of amides is 3. The fourth-order valence-corrected chi connectivity index (χ4v) is 3.51. The Kier molecular flexibility index (Phi) is 3.30. The van der Waals surface area contributed by atoms with E-state index in [0.717, 1.165) is 16.7 Å². The molecule has 1 saturated heterocycles. The van der Waals surface area contributed by atoms with Gasteiger partial charge in [-0.3, -0.25) is 9.69 Å². The predicted octanol–water partition coefficient (Wildman–Crippen LogP) is 2.72. The van der Waals surface area contributed by atoms with Crippen molar-refractivity contribution in [2.45, 2.75) is 25.4 Å². The fraction of sp³-hybridized carbons (Fsp3) is 0.263. The van der Waals surface area contributed by atoms with Gasteiger partial charge in [-0.1, -0.05) is 48.0 Å². The maximum Gasteiger partial charge on any atom is 0.325 e. The standard InChI is InChI=1S/C19H18N2O3/c1-13-5-4-6-14(11-13)12-21-17(22)19(20-18(21)23)9-10-24-16-8-3-2-7-15(16)19/h2-8,11H,9-10,12H2,1H3,(H,20,23). The summed E-state index contributed by atoms with van der Waals surface area (Å²) in [6.45, 7) is 2.67. The molecule has 0 radical (unpaired) electrons. The van der Waals surface area contributed by atoms with E-state index in [2.05, 4.69) is 5.32 Å². The minimum Gasteiger partial charge on any atom is -0.493 e. The zero-order valence-electron chi connectivity index (χ0n) is 13.4. The maximum absolute atomic E-state index is 13.1. The smallest absolute Gasteiger partial charge is 0.325 e. The topological polar surface area (TPSA) is 58.6 Å². The van der Waals surface area contributed by atoms with Gasteiger partial charge in [-0.25, -0.2) is 4.79 Å². The summed E-state index contributed by atoms with van der Waals surface area (Å²) in [5, 5.41) is 2.92. The number of ether oxygens (including phenoxy) is 1. The van der Waals surface area contributed by atoms with E-state index in [1.165, 1.54) is 4.90 Å². The van der Waals surface area contributed by atoms with E-state index < -0.39 is 5.54 Å². The number of carbonyl (C=O) groups excluding carboxylic acids is 2. The van der Waals surface area contributed by atoms with Gasteiger partial charge in [-0.05, 0) is 18.6 Å². The summed E-state index contributed by atoms with van der Waals surface area (Å²) in [6.07, 6.45) is 0.443. The lowest BCUT2D eigenvalue weighted by Crippen LogP contribution is -2.47. The third kappa shape index (κ3) is 2.16. The Labute approximate surface area is 140 Å². The minimum atomic E-state index is -1.00.